The number of Topliss-reactive ketones (excluding diaryl/α,β-unsaturated/α-hetero) is 1. The third-order valence-electron chi connectivity index (χ3n) is 14.0. The molecule has 0 radical (unpaired) electrons. The molecule has 298 valence electrons. The molecule has 4 heterocycles. The summed E-state index contributed by atoms with van der Waals surface area (Å²) in [6.07, 6.45) is -13.5. The predicted octanol–water partition coefficient (Wildman–Crippen LogP) is -2.23. The number of ether oxygens (including phenoxy) is 6. The van der Waals surface area contributed by atoms with Crippen molar-refractivity contribution in [3.05, 3.63) is 22.8 Å². The fourth-order valence-electron chi connectivity index (χ4n) is 11.0. The van der Waals surface area contributed by atoms with Crippen molar-refractivity contribution in [3.63, 3.8) is 0 Å². The van der Waals surface area contributed by atoms with E-state index in [2.05, 4.69) is 6.08 Å². The number of hydrogen-bond donors (Lipinski definition) is 9. The van der Waals surface area contributed by atoms with E-state index >= 15 is 0 Å². The molecule has 1 spiro atoms. The van der Waals surface area contributed by atoms with Crippen LogP contribution in [0.4, 0.5) is 0 Å². The van der Waals surface area contributed by atoms with Crippen molar-refractivity contribution in [2.24, 2.45) is 35.0 Å². The van der Waals surface area contributed by atoms with Crippen molar-refractivity contribution in [1.29, 1.82) is 0 Å². The van der Waals surface area contributed by atoms with Crippen LogP contribution in [0, 0.1) is 35.0 Å². The Hall–Kier alpha value is -1.45. The molecule has 5 fully saturated rings. The van der Waals surface area contributed by atoms with E-state index in [0.29, 0.717) is 31.3 Å². The van der Waals surface area contributed by atoms with E-state index in [1.54, 1.807) is 6.92 Å². The highest BCUT2D eigenvalue weighted by Crippen LogP contribution is 2.64. The molecule has 0 aromatic carbocycles. The van der Waals surface area contributed by atoms with Crippen LogP contribution in [0.15, 0.2) is 22.8 Å². The predicted molar refractivity (Wildman–Crippen MR) is 177 cm³/mol. The summed E-state index contributed by atoms with van der Waals surface area (Å²) in [6, 6.07) is 0. The Balaban J connectivity index is 1.08. The lowest BCUT2D eigenvalue weighted by Crippen LogP contribution is -2.63. The van der Waals surface area contributed by atoms with Crippen molar-refractivity contribution in [2.75, 3.05) is 19.8 Å². The molecule has 0 unspecified atom stereocenters. The van der Waals surface area contributed by atoms with Gasteiger partial charge in [-0.3, -0.25) is 4.79 Å². The standard InChI is InChI=1S/C37H54O16/c1-13-11-49-37(33(47)25(13)41)20(10-38)24-18-6-7-19-17(23(18)28(44)31(24)53-37)5-4-15-8-16(39)9-22(36(15,19)3)51-35-32(27(43)21(40)12-48-35)52-34-30(46)29(45)26(42)14(2)50-34/h4,13-14,16-17,19-22,24-27,29-35,38-43,45-47H,5-12H2,1-3H3/t13-,14-,16+,17-,19+,20-,21-,22+,24-,25+,26-,27-,29+,30+,31+,32+,33+,34-,35-,36-,37-/m0/s1. The first-order valence-electron chi connectivity index (χ1n) is 19.1. The van der Waals surface area contributed by atoms with Crippen LogP contribution in [-0.2, 0) is 33.2 Å². The summed E-state index contributed by atoms with van der Waals surface area (Å²) in [5, 5.41) is 96.6. The van der Waals surface area contributed by atoms with E-state index in [-0.39, 0.29) is 43.2 Å². The topological polar surface area (TPSA) is 255 Å². The molecule has 4 saturated heterocycles. The molecule has 16 heteroatoms. The summed E-state index contributed by atoms with van der Waals surface area (Å²) in [5.41, 5.74) is 1.76. The van der Waals surface area contributed by atoms with Gasteiger partial charge in [0.25, 0.3) is 0 Å². The van der Waals surface area contributed by atoms with Crippen LogP contribution >= 0.6 is 0 Å². The smallest absolute Gasteiger partial charge is 0.203 e. The zero-order chi connectivity index (χ0) is 37.9. The van der Waals surface area contributed by atoms with Gasteiger partial charge in [0.15, 0.2) is 18.4 Å². The Morgan fingerprint density at radius 1 is 0.925 bits per heavy atom. The van der Waals surface area contributed by atoms with Gasteiger partial charge in [-0.15, -0.1) is 0 Å². The summed E-state index contributed by atoms with van der Waals surface area (Å²) in [7, 11) is 0. The van der Waals surface area contributed by atoms with Gasteiger partial charge < -0.3 is 74.4 Å². The number of carbonyl (C=O) groups excluding carboxylic acids is 1. The zero-order valence-corrected chi connectivity index (χ0v) is 30.1. The number of hydrogen-bond acceptors (Lipinski definition) is 16. The summed E-state index contributed by atoms with van der Waals surface area (Å²) in [4.78, 5) is 14.4. The molecular weight excluding hydrogens is 700 g/mol. The van der Waals surface area contributed by atoms with E-state index in [1.165, 1.54) is 6.92 Å². The molecule has 4 aliphatic carbocycles. The Labute approximate surface area is 306 Å². The van der Waals surface area contributed by atoms with Gasteiger partial charge in [-0.25, -0.2) is 0 Å². The van der Waals surface area contributed by atoms with E-state index in [9.17, 15) is 50.8 Å². The minimum absolute atomic E-state index is 0.100. The van der Waals surface area contributed by atoms with Gasteiger partial charge >= 0.3 is 0 Å². The maximum atomic E-state index is 14.4. The van der Waals surface area contributed by atoms with Crippen LogP contribution in [0.2, 0.25) is 0 Å². The number of allylic oxidation sites excluding steroid dienone is 1. The molecule has 21 atom stereocenters. The van der Waals surface area contributed by atoms with Crippen LogP contribution < -0.4 is 0 Å². The molecule has 4 aliphatic heterocycles. The monoisotopic (exact) mass is 754 g/mol. The highest BCUT2D eigenvalue weighted by molar-refractivity contribution is 6.04. The van der Waals surface area contributed by atoms with Gasteiger partial charge in [-0.05, 0) is 44.4 Å². The van der Waals surface area contributed by atoms with Gasteiger partial charge in [0, 0.05) is 35.2 Å². The lowest BCUT2D eigenvalue weighted by atomic mass is 9.51. The minimum Gasteiger partial charge on any atom is -0.396 e. The molecule has 53 heavy (non-hydrogen) atoms. The molecule has 8 rings (SSSR count). The molecule has 0 aromatic heterocycles. The third-order valence-corrected chi connectivity index (χ3v) is 14.0. The normalized spacial score (nSPS) is 55.4. The number of aliphatic hydroxyl groups excluding tert-OH is 9. The summed E-state index contributed by atoms with van der Waals surface area (Å²) in [5.74, 6) is -3.98. The maximum Gasteiger partial charge on any atom is 0.203 e. The van der Waals surface area contributed by atoms with Crippen molar-refractivity contribution >= 4 is 5.78 Å². The molecule has 9 N–H and O–H groups in total. The van der Waals surface area contributed by atoms with Crippen molar-refractivity contribution < 1.29 is 79.2 Å². The fraction of sp³-hybridized carbons (Fsp3) is 0.865. The molecule has 0 bridgehead atoms. The first-order valence-corrected chi connectivity index (χ1v) is 19.1. The SMILES string of the molecule is C[C@@H]1O[C@@H](O[C@H]2[C@H](O[C@@H]3C[C@H](O)CC4=CC[C@@H]5C6=C(CC[C@H]5[C@]43C)[C@@H]3[C@@H](O[C@@]4(OC[C@H](C)[C@@H](O)[C@H]4O)[C@H]3CO)C6=O)OC[C@H](O)[C@@H]2O)[C@H](O)[C@H](O)[C@H]1O. The summed E-state index contributed by atoms with van der Waals surface area (Å²) < 4.78 is 36.5. The Morgan fingerprint density at radius 3 is 2.42 bits per heavy atom. The second kappa shape index (κ2) is 13.9. The Morgan fingerprint density at radius 2 is 1.68 bits per heavy atom. The van der Waals surface area contributed by atoms with Crippen molar-refractivity contribution in [3.8, 4) is 0 Å². The van der Waals surface area contributed by atoms with E-state index in [0.717, 1.165) is 11.1 Å². The second-order valence-electron chi connectivity index (χ2n) is 16.9. The largest absolute Gasteiger partial charge is 0.396 e. The molecule has 0 amide bonds. The van der Waals surface area contributed by atoms with Gasteiger partial charge in [-0.2, -0.15) is 0 Å². The van der Waals surface area contributed by atoms with Gasteiger partial charge in [0.1, 0.15) is 48.8 Å². The molecular formula is C37H54O16. The highest BCUT2D eigenvalue weighted by atomic mass is 16.8. The molecule has 16 nitrogen and oxygen atoms in total. The lowest BCUT2D eigenvalue weighted by molar-refractivity contribution is -0.362. The van der Waals surface area contributed by atoms with E-state index < -0.39 is 115 Å². The number of ketones is 1. The zero-order valence-electron chi connectivity index (χ0n) is 30.1. The van der Waals surface area contributed by atoms with Gasteiger partial charge in [-0.1, -0.05) is 31.1 Å². The number of aliphatic hydroxyl groups is 9. The van der Waals surface area contributed by atoms with Crippen LogP contribution in [0.25, 0.3) is 0 Å². The Bertz CT molecular complexity index is 1490. The minimum atomic E-state index is -1.71. The average molecular weight is 755 g/mol. The van der Waals surface area contributed by atoms with Crippen molar-refractivity contribution in [1.82, 2.24) is 0 Å². The van der Waals surface area contributed by atoms with Crippen LogP contribution in [0.1, 0.15) is 52.9 Å². The fourth-order valence-corrected chi connectivity index (χ4v) is 11.0. The number of carbonyl (C=O) groups is 1. The van der Waals surface area contributed by atoms with Crippen LogP contribution in [-0.4, -0.2) is 163 Å². The first-order chi connectivity index (χ1) is 25.1. The quantitative estimate of drug-likeness (QED) is 0.135. The Kier molecular flexibility index (Phi) is 10.1. The summed E-state index contributed by atoms with van der Waals surface area (Å²) >= 11 is 0. The number of rotatable bonds is 5. The first kappa shape index (κ1) is 38.4. The van der Waals surface area contributed by atoms with Gasteiger partial charge in [0.05, 0.1) is 44.2 Å². The average Bonchev–Trinajstić information content (AvgIpc) is 3.61. The second-order valence-corrected chi connectivity index (χ2v) is 16.9. The molecule has 8 aliphatic rings. The third kappa shape index (κ3) is 5.70. The van der Waals surface area contributed by atoms with Crippen molar-refractivity contribution in [2.45, 2.75) is 144 Å². The number of fused-ring (bicyclic) bond motifs is 6. The molecule has 1 saturated carbocycles. The molecule has 0 aromatic rings. The lowest BCUT2D eigenvalue weighted by Gasteiger charge is -2.56. The van der Waals surface area contributed by atoms with Crippen LogP contribution in [0.3, 0.4) is 0 Å². The van der Waals surface area contributed by atoms with Crippen LogP contribution in [0.5, 0.6) is 0 Å². The summed E-state index contributed by atoms with van der Waals surface area (Å²) in [6.45, 7) is 4.67. The van der Waals surface area contributed by atoms with E-state index in [1.807, 2.05) is 6.92 Å². The van der Waals surface area contributed by atoms with E-state index in [4.69, 9.17) is 28.4 Å². The van der Waals surface area contributed by atoms with Gasteiger partial charge in [0.2, 0.25) is 5.79 Å². The highest BCUT2D eigenvalue weighted by Gasteiger charge is 2.69. The maximum absolute atomic E-state index is 14.4.